The summed E-state index contributed by atoms with van der Waals surface area (Å²) in [5.41, 5.74) is 2.02. The lowest BCUT2D eigenvalue weighted by atomic mass is 10.1. The molecular weight excluding hydrogens is 356 g/mol. The van der Waals surface area contributed by atoms with Crippen LogP contribution in [0.2, 0.25) is 0 Å². The molecule has 0 fully saturated rings. The minimum absolute atomic E-state index is 0.0827. The van der Waals surface area contributed by atoms with Crippen molar-refractivity contribution in [3.8, 4) is 5.75 Å². The van der Waals surface area contributed by atoms with Crippen LogP contribution in [0.5, 0.6) is 5.75 Å². The molecule has 0 spiro atoms. The molecule has 0 heterocycles. The number of benzene rings is 3. The molecule has 0 saturated heterocycles. The highest BCUT2D eigenvalue weighted by Gasteiger charge is 2.29. The lowest BCUT2D eigenvalue weighted by molar-refractivity contribution is -0.142. The lowest BCUT2D eigenvalue weighted by Crippen LogP contribution is -2.14. The molecule has 0 N–H and O–H groups in total. The Labute approximate surface area is 163 Å². The highest BCUT2D eigenvalue weighted by molar-refractivity contribution is 7.97. The summed E-state index contributed by atoms with van der Waals surface area (Å²) in [5, 5.41) is 0. The summed E-state index contributed by atoms with van der Waals surface area (Å²) in [7, 11) is 1.16. The van der Waals surface area contributed by atoms with Gasteiger partial charge < -0.3 is 9.47 Å². The number of hydrogen-bond donors (Lipinski definition) is 0. The maximum Gasteiger partial charge on any atom is 0.343 e. The molecule has 3 rings (SSSR count). The fraction of sp³-hybridized carbons (Fsp3) is 0.174. The van der Waals surface area contributed by atoms with Crippen molar-refractivity contribution < 1.29 is 14.3 Å². The second-order valence-electron chi connectivity index (χ2n) is 6.18. The zero-order valence-electron chi connectivity index (χ0n) is 15.8. The van der Waals surface area contributed by atoms with Gasteiger partial charge in [-0.05, 0) is 49.2 Å². The number of ether oxygens (including phenoxy) is 2. The van der Waals surface area contributed by atoms with Crippen LogP contribution in [0.15, 0.2) is 87.5 Å². The minimum atomic E-state index is -0.383. The lowest BCUT2D eigenvalue weighted by Gasteiger charge is -2.14. The third-order valence-corrected chi connectivity index (χ3v) is 6.38. The van der Waals surface area contributed by atoms with Crippen LogP contribution in [-0.4, -0.2) is 19.7 Å². The molecule has 0 radical (unpaired) electrons. The number of hydrogen-bond acceptors (Lipinski definition) is 3. The van der Waals surface area contributed by atoms with Crippen LogP contribution in [0.25, 0.3) is 0 Å². The highest BCUT2D eigenvalue weighted by atomic mass is 32.2. The van der Waals surface area contributed by atoms with E-state index in [0.717, 1.165) is 16.9 Å². The van der Waals surface area contributed by atoms with E-state index in [0.29, 0.717) is 0 Å². The predicted octanol–water partition coefficient (Wildman–Crippen LogP) is 4.95. The van der Waals surface area contributed by atoms with Gasteiger partial charge in [-0.3, -0.25) is 0 Å². The number of aryl methyl sites for hydroxylation is 2. The Morgan fingerprint density at radius 1 is 0.815 bits per heavy atom. The fourth-order valence-corrected chi connectivity index (χ4v) is 5.23. The molecule has 3 aromatic rings. The molecule has 27 heavy (non-hydrogen) atoms. The monoisotopic (exact) mass is 379 g/mol. The van der Waals surface area contributed by atoms with Gasteiger partial charge in [0.1, 0.15) is 5.75 Å². The van der Waals surface area contributed by atoms with Crippen LogP contribution < -0.4 is 4.74 Å². The number of esters is 1. The Hall–Kier alpha value is -2.72. The van der Waals surface area contributed by atoms with Crippen molar-refractivity contribution in [3.63, 3.8) is 0 Å². The second-order valence-corrected chi connectivity index (χ2v) is 8.21. The van der Waals surface area contributed by atoms with Gasteiger partial charge in [-0.25, -0.2) is 4.79 Å². The Morgan fingerprint density at radius 3 is 1.74 bits per heavy atom. The first-order chi connectivity index (χ1) is 13.1. The zero-order chi connectivity index (χ0) is 19.2. The van der Waals surface area contributed by atoms with Gasteiger partial charge >= 0.3 is 5.97 Å². The third-order valence-electron chi connectivity index (χ3n) is 4.19. The van der Waals surface area contributed by atoms with Gasteiger partial charge in [0.25, 0.3) is 0 Å². The van der Waals surface area contributed by atoms with Gasteiger partial charge in [0.2, 0.25) is 0 Å². The molecule has 0 aliphatic rings. The van der Waals surface area contributed by atoms with Crippen molar-refractivity contribution >= 4 is 16.9 Å². The Bertz CT molecular complexity index is 845. The Kier molecular flexibility index (Phi) is 6.20. The first-order valence-electron chi connectivity index (χ1n) is 8.75. The molecule has 3 aromatic carbocycles. The third kappa shape index (κ3) is 4.52. The summed E-state index contributed by atoms with van der Waals surface area (Å²) in [4.78, 5) is 15.2. The molecule has 0 unspecified atom stereocenters. The molecular formula is C23H23O3S+. The van der Waals surface area contributed by atoms with Gasteiger partial charge in [-0.2, -0.15) is 0 Å². The van der Waals surface area contributed by atoms with Crippen molar-refractivity contribution in [2.45, 2.75) is 28.5 Å². The zero-order valence-corrected chi connectivity index (χ0v) is 16.6. The normalized spacial score (nSPS) is 10.7. The first-order valence-corrected chi connectivity index (χ1v) is 9.98. The maximum absolute atomic E-state index is 11.4. The van der Waals surface area contributed by atoms with E-state index in [1.54, 1.807) is 0 Å². The van der Waals surface area contributed by atoms with E-state index in [-0.39, 0.29) is 23.5 Å². The molecule has 3 nitrogen and oxygen atoms in total. The molecule has 0 aromatic heterocycles. The van der Waals surface area contributed by atoms with E-state index in [2.05, 4.69) is 65.4 Å². The summed E-state index contributed by atoms with van der Waals surface area (Å²) in [5.74, 6) is 0.361. The molecule has 0 aliphatic heterocycles. The molecule has 0 aliphatic carbocycles. The second kappa shape index (κ2) is 8.78. The van der Waals surface area contributed by atoms with Crippen molar-refractivity contribution in [1.82, 2.24) is 0 Å². The topological polar surface area (TPSA) is 35.5 Å². The van der Waals surface area contributed by atoms with Crippen LogP contribution in [-0.2, 0) is 20.4 Å². The largest absolute Gasteiger partial charge is 0.481 e. The van der Waals surface area contributed by atoms with Gasteiger partial charge in [-0.15, -0.1) is 0 Å². The first kappa shape index (κ1) is 19.1. The maximum atomic E-state index is 11.4. The van der Waals surface area contributed by atoms with E-state index in [4.69, 9.17) is 4.74 Å². The number of rotatable bonds is 6. The molecule has 0 bridgehead atoms. The minimum Gasteiger partial charge on any atom is -0.481 e. The standard InChI is InChI=1S/C23H23O3S/c1-17-14-21(15-18(2)23(17)26-16-22(24)25-3)27(19-10-6-4-7-11-19)20-12-8-5-9-13-20/h4-15H,16H2,1-3H3/q+1. The average Bonchev–Trinajstić information content (AvgIpc) is 2.69. The number of carbonyl (C=O) groups excluding carboxylic acids is 1. The molecule has 0 amide bonds. The van der Waals surface area contributed by atoms with Gasteiger partial charge in [-0.1, -0.05) is 36.4 Å². The van der Waals surface area contributed by atoms with Gasteiger partial charge in [0.05, 0.1) is 18.0 Å². The van der Waals surface area contributed by atoms with E-state index >= 15 is 0 Å². The molecule has 4 heteroatoms. The van der Waals surface area contributed by atoms with E-state index in [1.807, 2.05) is 26.0 Å². The SMILES string of the molecule is COC(=O)COc1c(C)cc([S+](c2ccccc2)c2ccccc2)cc1C. The average molecular weight is 380 g/mol. The van der Waals surface area contributed by atoms with E-state index < -0.39 is 0 Å². The summed E-state index contributed by atoms with van der Waals surface area (Å²) in [6.07, 6.45) is 0. The Balaban J connectivity index is 2.02. The quantitative estimate of drug-likeness (QED) is 0.449. The Morgan fingerprint density at radius 2 is 1.30 bits per heavy atom. The van der Waals surface area contributed by atoms with Crippen LogP contribution in [0.1, 0.15) is 11.1 Å². The van der Waals surface area contributed by atoms with Crippen molar-refractivity contribution in [2.75, 3.05) is 13.7 Å². The van der Waals surface area contributed by atoms with Crippen molar-refractivity contribution in [1.29, 1.82) is 0 Å². The summed E-state index contributed by atoms with van der Waals surface area (Å²) in [6, 6.07) is 25.4. The summed E-state index contributed by atoms with van der Waals surface area (Å²) in [6.45, 7) is 3.95. The molecule has 138 valence electrons. The van der Waals surface area contributed by atoms with E-state index in [9.17, 15) is 4.79 Å². The summed E-state index contributed by atoms with van der Waals surface area (Å²) >= 11 is 0. The number of carbonyl (C=O) groups is 1. The van der Waals surface area contributed by atoms with Crippen molar-refractivity contribution in [2.24, 2.45) is 0 Å². The van der Waals surface area contributed by atoms with Crippen molar-refractivity contribution in [3.05, 3.63) is 83.9 Å². The predicted molar refractivity (Wildman–Crippen MR) is 108 cm³/mol. The molecule has 0 atom stereocenters. The van der Waals surface area contributed by atoms with Crippen LogP contribution in [0.3, 0.4) is 0 Å². The smallest absolute Gasteiger partial charge is 0.343 e. The fourth-order valence-electron chi connectivity index (χ4n) is 2.97. The van der Waals surface area contributed by atoms with Crippen LogP contribution in [0.4, 0.5) is 0 Å². The van der Waals surface area contributed by atoms with Gasteiger partial charge in [0, 0.05) is 12.1 Å². The molecule has 0 saturated carbocycles. The number of methoxy groups -OCH3 is 1. The van der Waals surface area contributed by atoms with Crippen LogP contribution >= 0.6 is 0 Å². The summed E-state index contributed by atoms with van der Waals surface area (Å²) < 4.78 is 10.4. The highest BCUT2D eigenvalue weighted by Crippen LogP contribution is 2.35. The van der Waals surface area contributed by atoms with Gasteiger partial charge in [0.15, 0.2) is 21.3 Å². The van der Waals surface area contributed by atoms with E-state index in [1.165, 1.54) is 21.8 Å². The van der Waals surface area contributed by atoms with Crippen LogP contribution in [0, 0.1) is 13.8 Å².